The molecule has 0 saturated heterocycles. The number of hydrogen-bond acceptors (Lipinski definition) is 5. The summed E-state index contributed by atoms with van der Waals surface area (Å²) in [7, 11) is 0. The number of nitrogens with one attached hydrogen (secondary N) is 2. The summed E-state index contributed by atoms with van der Waals surface area (Å²) >= 11 is 0. The Kier molecular flexibility index (Phi) is 6.08. The minimum absolute atomic E-state index is 0.0734. The van der Waals surface area contributed by atoms with E-state index in [0.717, 1.165) is 4.90 Å². The van der Waals surface area contributed by atoms with Gasteiger partial charge >= 0.3 is 0 Å². The molecule has 8 nitrogen and oxygen atoms in total. The number of fused-ring (bicyclic) bond motifs is 1. The maximum absolute atomic E-state index is 13.2. The number of imide groups is 1. The van der Waals surface area contributed by atoms with E-state index in [1.54, 1.807) is 60.7 Å². The first-order chi connectivity index (χ1) is 15.8. The number of furan rings is 1. The molecule has 4 rings (SSSR count). The van der Waals surface area contributed by atoms with E-state index in [4.69, 9.17) is 4.42 Å². The second-order valence-corrected chi connectivity index (χ2v) is 8.17. The Balaban J connectivity index is 1.48. The van der Waals surface area contributed by atoms with E-state index in [1.807, 2.05) is 13.8 Å². The smallest absolute Gasteiger partial charge is 0.291 e. The lowest BCUT2D eigenvalue weighted by atomic mass is 10.0. The largest absolute Gasteiger partial charge is 0.459 e. The zero-order chi connectivity index (χ0) is 23.5. The summed E-state index contributed by atoms with van der Waals surface area (Å²) in [6, 6.07) is 15.3. The molecule has 33 heavy (non-hydrogen) atoms. The third kappa shape index (κ3) is 4.55. The molecule has 168 valence electrons. The number of carbonyl (C=O) groups is 4. The molecule has 1 aliphatic rings. The summed E-state index contributed by atoms with van der Waals surface area (Å²) in [4.78, 5) is 52.1. The lowest BCUT2D eigenvalue weighted by Gasteiger charge is -2.26. The van der Waals surface area contributed by atoms with Crippen LogP contribution < -0.4 is 10.6 Å². The molecule has 2 heterocycles. The second kappa shape index (κ2) is 9.12. The second-order valence-electron chi connectivity index (χ2n) is 8.17. The van der Waals surface area contributed by atoms with Crippen molar-refractivity contribution in [1.82, 2.24) is 4.90 Å². The molecule has 4 amide bonds. The highest BCUT2D eigenvalue weighted by Gasteiger charge is 2.42. The molecule has 1 aliphatic heterocycles. The zero-order valence-corrected chi connectivity index (χ0v) is 18.2. The van der Waals surface area contributed by atoms with E-state index >= 15 is 0 Å². The van der Waals surface area contributed by atoms with Gasteiger partial charge in [0.15, 0.2) is 5.76 Å². The van der Waals surface area contributed by atoms with Crippen molar-refractivity contribution in [3.63, 3.8) is 0 Å². The number of rotatable bonds is 7. The highest BCUT2D eigenvalue weighted by atomic mass is 16.3. The fraction of sp³-hybridized carbons (Fsp3) is 0.200. The first-order valence-corrected chi connectivity index (χ1v) is 10.6. The molecule has 1 aromatic heterocycles. The van der Waals surface area contributed by atoms with Gasteiger partial charge in [0.05, 0.1) is 17.4 Å². The van der Waals surface area contributed by atoms with E-state index < -0.39 is 23.8 Å². The van der Waals surface area contributed by atoms with Crippen LogP contribution in [-0.2, 0) is 4.79 Å². The zero-order valence-electron chi connectivity index (χ0n) is 18.2. The van der Waals surface area contributed by atoms with E-state index in [-0.39, 0.29) is 17.6 Å². The minimum atomic E-state index is -0.948. The quantitative estimate of drug-likeness (QED) is 0.530. The van der Waals surface area contributed by atoms with Gasteiger partial charge in [0, 0.05) is 11.4 Å². The Morgan fingerprint density at radius 3 is 1.94 bits per heavy atom. The number of nitrogens with zero attached hydrogens (tertiary/aromatic N) is 1. The van der Waals surface area contributed by atoms with Crippen LogP contribution in [0.3, 0.4) is 0 Å². The molecule has 1 unspecified atom stereocenters. The van der Waals surface area contributed by atoms with Crippen molar-refractivity contribution in [2.45, 2.75) is 26.3 Å². The van der Waals surface area contributed by atoms with Crippen molar-refractivity contribution in [2.24, 2.45) is 5.92 Å². The van der Waals surface area contributed by atoms with Crippen LogP contribution in [0.15, 0.2) is 71.3 Å². The molecule has 0 fully saturated rings. The molecular weight excluding hydrogens is 422 g/mol. The van der Waals surface area contributed by atoms with Gasteiger partial charge in [-0.25, -0.2) is 0 Å². The number of carbonyl (C=O) groups excluding carboxylic acids is 4. The fourth-order valence-corrected chi connectivity index (χ4v) is 3.73. The summed E-state index contributed by atoms with van der Waals surface area (Å²) in [6.07, 6.45) is 1.74. The van der Waals surface area contributed by atoms with Crippen molar-refractivity contribution in [1.29, 1.82) is 0 Å². The van der Waals surface area contributed by atoms with Gasteiger partial charge in [0.25, 0.3) is 17.7 Å². The highest BCUT2D eigenvalue weighted by Crippen LogP contribution is 2.27. The van der Waals surface area contributed by atoms with Crippen molar-refractivity contribution < 1.29 is 23.6 Å². The van der Waals surface area contributed by atoms with E-state index in [1.165, 1.54) is 6.26 Å². The predicted molar refractivity (Wildman–Crippen MR) is 122 cm³/mol. The molecule has 2 N–H and O–H groups in total. The van der Waals surface area contributed by atoms with E-state index in [2.05, 4.69) is 10.6 Å². The molecule has 0 spiro atoms. The van der Waals surface area contributed by atoms with Crippen molar-refractivity contribution in [3.8, 4) is 0 Å². The Labute approximate surface area is 190 Å². The van der Waals surface area contributed by atoms with E-state index in [0.29, 0.717) is 28.9 Å². The van der Waals surface area contributed by atoms with Crippen LogP contribution in [0.5, 0.6) is 0 Å². The fourth-order valence-electron chi connectivity index (χ4n) is 3.73. The third-order valence-electron chi connectivity index (χ3n) is 5.29. The van der Waals surface area contributed by atoms with Crippen molar-refractivity contribution in [3.05, 3.63) is 83.8 Å². The molecule has 8 heteroatoms. The normalized spacial score (nSPS) is 13.7. The van der Waals surface area contributed by atoms with Gasteiger partial charge in [-0.05, 0) is 60.9 Å². The Bertz CT molecular complexity index is 1160. The minimum Gasteiger partial charge on any atom is -0.459 e. The average Bonchev–Trinajstić information content (AvgIpc) is 3.42. The molecule has 2 aromatic carbocycles. The predicted octanol–water partition coefficient (Wildman–Crippen LogP) is 4.18. The van der Waals surface area contributed by atoms with Gasteiger partial charge in [-0.15, -0.1) is 0 Å². The summed E-state index contributed by atoms with van der Waals surface area (Å²) in [5, 5.41) is 5.48. The Hall–Kier alpha value is -4.20. The molecule has 0 radical (unpaired) electrons. The molecule has 3 aromatic rings. The third-order valence-corrected chi connectivity index (χ3v) is 5.29. The van der Waals surface area contributed by atoms with Crippen LogP contribution in [0.1, 0.15) is 51.5 Å². The van der Waals surface area contributed by atoms with Crippen molar-refractivity contribution >= 4 is 35.0 Å². The molecular formula is C25H23N3O5. The maximum Gasteiger partial charge on any atom is 0.291 e. The first-order valence-electron chi connectivity index (χ1n) is 10.6. The van der Waals surface area contributed by atoms with Gasteiger partial charge in [0.1, 0.15) is 6.04 Å². The van der Waals surface area contributed by atoms with Crippen LogP contribution in [0.25, 0.3) is 0 Å². The van der Waals surface area contributed by atoms with Crippen LogP contribution in [0.4, 0.5) is 11.4 Å². The summed E-state index contributed by atoms with van der Waals surface area (Å²) < 4.78 is 5.06. The van der Waals surface area contributed by atoms with Crippen LogP contribution in [0.2, 0.25) is 0 Å². The summed E-state index contributed by atoms with van der Waals surface area (Å²) in [5.41, 5.74) is 1.61. The monoisotopic (exact) mass is 445 g/mol. The average molecular weight is 445 g/mol. The first kappa shape index (κ1) is 22.0. The summed E-state index contributed by atoms with van der Waals surface area (Å²) in [5.74, 6) is -1.51. The number of hydrogen-bond donors (Lipinski definition) is 2. The SMILES string of the molecule is CC(C)CC(C(=O)Nc1ccc(NC(=O)c2ccco2)cc1)N1C(=O)c2ccccc2C1=O. The maximum atomic E-state index is 13.2. The lowest BCUT2D eigenvalue weighted by Crippen LogP contribution is -2.47. The van der Waals surface area contributed by atoms with Crippen molar-refractivity contribution in [2.75, 3.05) is 10.6 Å². The van der Waals surface area contributed by atoms with Crippen LogP contribution in [-0.4, -0.2) is 34.6 Å². The lowest BCUT2D eigenvalue weighted by molar-refractivity contribution is -0.120. The van der Waals surface area contributed by atoms with Gasteiger partial charge < -0.3 is 15.1 Å². The number of benzene rings is 2. The van der Waals surface area contributed by atoms with Crippen LogP contribution in [0, 0.1) is 5.92 Å². The van der Waals surface area contributed by atoms with Gasteiger partial charge in [-0.1, -0.05) is 26.0 Å². The van der Waals surface area contributed by atoms with E-state index in [9.17, 15) is 19.2 Å². The van der Waals surface area contributed by atoms with Gasteiger partial charge in [0.2, 0.25) is 5.91 Å². The molecule has 0 aliphatic carbocycles. The highest BCUT2D eigenvalue weighted by molar-refractivity contribution is 6.23. The topological polar surface area (TPSA) is 109 Å². The van der Waals surface area contributed by atoms with Gasteiger partial charge in [-0.2, -0.15) is 0 Å². The standard InChI is InChI=1S/C25H23N3O5/c1-15(2)14-20(28-24(31)18-6-3-4-7-19(18)25(28)32)22(29)26-16-9-11-17(12-10-16)27-23(30)21-8-5-13-33-21/h3-13,15,20H,14H2,1-2H3,(H,26,29)(H,27,30). The van der Waals surface area contributed by atoms with Crippen LogP contribution >= 0.6 is 0 Å². The Morgan fingerprint density at radius 1 is 0.848 bits per heavy atom. The number of anilines is 2. The van der Waals surface area contributed by atoms with Gasteiger partial charge in [-0.3, -0.25) is 24.1 Å². The molecule has 0 bridgehead atoms. The molecule has 0 saturated carbocycles. The number of amides is 4. The Morgan fingerprint density at radius 2 is 1.42 bits per heavy atom. The molecule has 1 atom stereocenters. The summed E-state index contributed by atoms with van der Waals surface area (Å²) in [6.45, 7) is 3.85.